The summed E-state index contributed by atoms with van der Waals surface area (Å²) in [6.45, 7) is 3.50. The van der Waals surface area contributed by atoms with E-state index in [4.69, 9.17) is 4.74 Å². The van der Waals surface area contributed by atoms with Gasteiger partial charge in [0.2, 0.25) is 0 Å². The van der Waals surface area contributed by atoms with Crippen molar-refractivity contribution in [2.24, 2.45) is 0 Å². The van der Waals surface area contributed by atoms with Crippen LogP contribution in [0.1, 0.15) is 22.3 Å². The fourth-order valence-corrected chi connectivity index (χ4v) is 3.75. The number of benzene rings is 2. The molecule has 3 aromatic rings. The molecular weight excluding hydrogens is 362 g/mol. The minimum Gasteiger partial charge on any atom is -0.479 e. The molecule has 0 spiro atoms. The molecule has 2 N–H and O–H groups in total. The van der Waals surface area contributed by atoms with Crippen LogP contribution in [0.4, 0.5) is 11.4 Å². The van der Waals surface area contributed by atoms with Crippen LogP contribution in [-0.2, 0) is 4.79 Å². The Bertz CT molecular complexity index is 1030. The molecule has 0 saturated carbocycles. The second-order valence-corrected chi connectivity index (χ2v) is 7.21. The van der Waals surface area contributed by atoms with Crippen molar-refractivity contribution in [2.75, 3.05) is 10.6 Å². The summed E-state index contributed by atoms with van der Waals surface area (Å²) in [4.78, 5) is 29.5. The monoisotopic (exact) mass is 379 g/mol. The summed E-state index contributed by atoms with van der Waals surface area (Å²) in [5.41, 5.74) is 2.78. The molecule has 136 valence electrons. The molecule has 4 rings (SSSR count). The average molecular weight is 379 g/mol. The van der Waals surface area contributed by atoms with E-state index in [2.05, 4.69) is 15.6 Å². The molecule has 0 aliphatic carbocycles. The number of carbonyl (C=O) groups is 2. The van der Waals surface area contributed by atoms with Crippen LogP contribution >= 0.6 is 11.3 Å². The van der Waals surface area contributed by atoms with Gasteiger partial charge in [-0.05, 0) is 32.0 Å². The van der Waals surface area contributed by atoms with Gasteiger partial charge in [-0.1, -0.05) is 30.3 Å². The predicted octanol–water partition coefficient (Wildman–Crippen LogP) is 4.09. The predicted molar refractivity (Wildman–Crippen MR) is 105 cm³/mol. The number of hydrogen-bond acceptors (Lipinski definition) is 5. The maximum Gasteiger partial charge on any atom is 0.267 e. The van der Waals surface area contributed by atoms with Gasteiger partial charge in [-0.2, -0.15) is 0 Å². The molecule has 0 radical (unpaired) electrons. The van der Waals surface area contributed by atoms with E-state index in [9.17, 15) is 9.59 Å². The zero-order valence-electron chi connectivity index (χ0n) is 14.8. The smallest absolute Gasteiger partial charge is 0.267 e. The number of aromatic nitrogens is 1. The summed E-state index contributed by atoms with van der Waals surface area (Å²) in [5.74, 6) is 0.140. The number of fused-ring (bicyclic) bond motifs is 1. The average Bonchev–Trinajstić information content (AvgIpc) is 3.05. The molecular formula is C20H17N3O3S. The van der Waals surface area contributed by atoms with Crippen molar-refractivity contribution in [3.8, 4) is 16.3 Å². The Labute approximate surface area is 160 Å². The first kappa shape index (κ1) is 17.2. The first-order valence-electron chi connectivity index (χ1n) is 8.47. The van der Waals surface area contributed by atoms with Gasteiger partial charge >= 0.3 is 0 Å². The Hall–Kier alpha value is -3.19. The summed E-state index contributed by atoms with van der Waals surface area (Å²) >= 11 is 1.35. The van der Waals surface area contributed by atoms with Gasteiger partial charge in [-0.3, -0.25) is 9.59 Å². The largest absolute Gasteiger partial charge is 0.479 e. The van der Waals surface area contributed by atoms with E-state index >= 15 is 0 Å². The fraction of sp³-hybridized carbons (Fsp3) is 0.150. The Morgan fingerprint density at radius 2 is 2.00 bits per heavy atom. The molecule has 1 aliphatic rings. The van der Waals surface area contributed by atoms with E-state index in [1.807, 2.05) is 37.3 Å². The van der Waals surface area contributed by atoms with E-state index < -0.39 is 6.10 Å². The van der Waals surface area contributed by atoms with E-state index in [-0.39, 0.29) is 11.8 Å². The first-order chi connectivity index (χ1) is 13.0. The third kappa shape index (κ3) is 3.41. The molecule has 7 heteroatoms. The van der Waals surface area contributed by atoms with Crippen LogP contribution in [0.25, 0.3) is 10.6 Å². The number of aryl methyl sites for hydroxylation is 1. The van der Waals surface area contributed by atoms with E-state index in [1.165, 1.54) is 11.3 Å². The number of anilines is 2. The zero-order chi connectivity index (χ0) is 19.0. The van der Waals surface area contributed by atoms with Crippen molar-refractivity contribution in [1.82, 2.24) is 4.98 Å². The summed E-state index contributed by atoms with van der Waals surface area (Å²) in [6, 6.07) is 14.9. The lowest BCUT2D eigenvalue weighted by atomic mass is 10.2. The maximum absolute atomic E-state index is 12.7. The Balaban J connectivity index is 1.56. The standard InChI is InChI=1S/C20H17N3O3S/c1-11-17(27-20(21-11)13-6-4-3-5-7-13)19(25)22-14-8-9-16-15(10-14)23-18(24)12(2)26-16/h3-10,12H,1-2H3,(H,22,25)(H,23,24). The van der Waals surface area contributed by atoms with Gasteiger partial charge < -0.3 is 15.4 Å². The van der Waals surface area contributed by atoms with Crippen molar-refractivity contribution >= 4 is 34.5 Å². The summed E-state index contributed by atoms with van der Waals surface area (Å²) in [5, 5.41) is 6.44. The molecule has 1 aliphatic heterocycles. The highest BCUT2D eigenvalue weighted by atomic mass is 32.1. The minimum atomic E-state index is -0.533. The Kier molecular flexibility index (Phi) is 4.37. The summed E-state index contributed by atoms with van der Waals surface area (Å²) < 4.78 is 5.53. The highest BCUT2D eigenvalue weighted by Crippen LogP contribution is 2.33. The van der Waals surface area contributed by atoms with Gasteiger partial charge in [0.05, 0.1) is 11.4 Å². The van der Waals surface area contributed by atoms with Crippen molar-refractivity contribution in [3.63, 3.8) is 0 Å². The number of amides is 2. The third-order valence-electron chi connectivity index (χ3n) is 4.19. The van der Waals surface area contributed by atoms with Crippen molar-refractivity contribution < 1.29 is 14.3 Å². The van der Waals surface area contributed by atoms with Crippen LogP contribution < -0.4 is 15.4 Å². The lowest BCUT2D eigenvalue weighted by molar-refractivity contribution is -0.122. The van der Waals surface area contributed by atoms with Crippen molar-refractivity contribution in [3.05, 3.63) is 59.1 Å². The summed E-state index contributed by atoms with van der Waals surface area (Å²) in [7, 11) is 0. The normalized spacial score (nSPS) is 15.5. The quantitative estimate of drug-likeness (QED) is 0.718. The van der Waals surface area contributed by atoms with Crippen molar-refractivity contribution in [1.29, 1.82) is 0 Å². The van der Waals surface area contributed by atoms with Crippen LogP contribution in [0.15, 0.2) is 48.5 Å². The van der Waals surface area contributed by atoms with Gasteiger partial charge in [0.1, 0.15) is 15.6 Å². The van der Waals surface area contributed by atoms with Crippen molar-refractivity contribution in [2.45, 2.75) is 20.0 Å². The molecule has 1 atom stereocenters. The highest BCUT2D eigenvalue weighted by Gasteiger charge is 2.24. The summed E-state index contributed by atoms with van der Waals surface area (Å²) in [6.07, 6.45) is -0.533. The molecule has 2 aromatic carbocycles. The van der Waals surface area contributed by atoms with Crippen LogP contribution in [0.3, 0.4) is 0 Å². The molecule has 1 aromatic heterocycles. The van der Waals surface area contributed by atoms with E-state index in [1.54, 1.807) is 25.1 Å². The second-order valence-electron chi connectivity index (χ2n) is 6.21. The van der Waals surface area contributed by atoms with Gasteiger partial charge in [0.15, 0.2) is 6.10 Å². The number of hydrogen-bond donors (Lipinski definition) is 2. The topological polar surface area (TPSA) is 80.3 Å². The lowest BCUT2D eigenvalue weighted by Gasteiger charge is -2.23. The Morgan fingerprint density at radius 3 is 2.78 bits per heavy atom. The highest BCUT2D eigenvalue weighted by molar-refractivity contribution is 7.17. The molecule has 27 heavy (non-hydrogen) atoms. The maximum atomic E-state index is 12.7. The number of thiazole rings is 1. The van der Waals surface area contributed by atoms with Crippen LogP contribution in [0, 0.1) is 6.92 Å². The number of carbonyl (C=O) groups excluding carboxylic acids is 2. The molecule has 0 fully saturated rings. The molecule has 6 nitrogen and oxygen atoms in total. The first-order valence-corrected chi connectivity index (χ1v) is 9.28. The van der Waals surface area contributed by atoms with Gasteiger partial charge in [0, 0.05) is 11.3 Å². The van der Waals surface area contributed by atoms with E-state index in [0.717, 1.165) is 10.6 Å². The number of nitrogens with one attached hydrogen (secondary N) is 2. The third-order valence-corrected chi connectivity index (χ3v) is 5.40. The van der Waals surface area contributed by atoms with E-state index in [0.29, 0.717) is 27.7 Å². The minimum absolute atomic E-state index is 0.211. The number of rotatable bonds is 3. The van der Waals surface area contributed by atoms with Gasteiger partial charge in [-0.15, -0.1) is 11.3 Å². The lowest BCUT2D eigenvalue weighted by Crippen LogP contribution is -2.34. The Morgan fingerprint density at radius 1 is 1.22 bits per heavy atom. The van der Waals surface area contributed by atoms with Crippen LogP contribution in [0.2, 0.25) is 0 Å². The second kappa shape index (κ2) is 6.85. The van der Waals surface area contributed by atoms with Crippen LogP contribution in [0.5, 0.6) is 5.75 Å². The zero-order valence-corrected chi connectivity index (χ0v) is 15.6. The molecule has 0 saturated heterocycles. The SMILES string of the molecule is Cc1nc(-c2ccccc2)sc1C(=O)Nc1ccc2c(c1)NC(=O)C(C)O2. The number of nitrogens with zero attached hydrogens (tertiary/aromatic N) is 1. The molecule has 1 unspecified atom stereocenters. The molecule has 0 bridgehead atoms. The number of ether oxygens (including phenoxy) is 1. The molecule has 2 amide bonds. The van der Waals surface area contributed by atoms with Crippen LogP contribution in [-0.4, -0.2) is 22.9 Å². The van der Waals surface area contributed by atoms with Gasteiger partial charge in [0.25, 0.3) is 11.8 Å². The van der Waals surface area contributed by atoms with Gasteiger partial charge in [-0.25, -0.2) is 4.98 Å². The molecule has 2 heterocycles. The fourth-order valence-electron chi connectivity index (χ4n) is 2.79.